The van der Waals surface area contributed by atoms with E-state index < -0.39 is 0 Å². The fraction of sp³-hybridized carbons (Fsp3) is 0.273. The Labute approximate surface area is 194 Å². The minimum atomic E-state index is -0.366. The van der Waals surface area contributed by atoms with E-state index in [9.17, 15) is 9.59 Å². The summed E-state index contributed by atoms with van der Waals surface area (Å²) in [7, 11) is 2.89. The van der Waals surface area contributed by atoms with Crippen LogP contribution in [-0.4, -0.2) is 42.9 Å². The summed E-state index contributed by atoms with van der Waals surface area (Å²) in [6.45, 7) is 2.59. The normalized spacial score (nSPS) is 10.5. The average Bonchev–Trinajstić information content (AvgIpc) is 3.28. The number of aromatic nitrogens is 2. The fourth-order valence-electron chi connectivity index (χ4n) is 2.63. The number of methoxy groups -OCH3 is 2. The molecule has 1 heterocycles. The first-order valence-electron chi connectivity index (χ1n) is 9.79. The Bertz CT molecular complexity index is 1070. The summed E-state index contributed by atoms with van der Waals surface area (Å²) in [4.78, 5) is 24.1. The number of nitrogens with one attached hydrogen (secondary N) is 1. The number of rotatable bonds is 10. The van der Waals surface area contributed by atoms with Crippen LogP contribution >= 0.6 is 23.1 Å². The molecule has 8 nitrogen and oxygen atoms in total. The number of hydrogen-bond donors (Lipinski definition) is 1. The smallest absolute Gasteiger partial charge is 0.337 e. The Balaban J connectivity index is 1.57. The van der Waals surface area contributed by atoms with Crippen molar-refractivity contribution in [2.75, 3.05) is 26.1 Å². The second-order valence-corrected chi connectivity index (χ2v) is 8.72. The molecule has 0 unspecified atom stereocenters. The maximum absolute atomic E-state index is 12.6. The molecule has 1 aromatic heterocycles. The van der Waals surface area contributed by atoms with E-state index in [0.717, 1.165) is 16.3 Å². The Morgan fingerprint density at radius 1 is 1.03 bits per heavy atom. The van der Waals surface area contributed by atoms with Crippen molar-refractivity contribution in [2.45, 2.75) is 23.4 Å². The van der Waals surface area contributed by atoms with Gasteiger partial charge in [-0.2, -0.15) is 0 Å². The molecule has 32 heavy (non-hydrogen) atoms. The minimum Gasteiger partial charge on any atom is -0.493 e. The predicted molar refractivity (Wildman–Crippen MR) is 124 cm³/mol. The van der Waals surface area contributed by atoms with Gasteiger partial charge in [-0.15, -0.1) is 10.2 Å². The first-order valence-corrected chi connectivity index (χ1v) is 11.6. The summed E-state index contributed by atoms with van der Waals surface area (Å²) in [5.74, 6) is 1.07. The monoisotopic (exact) mass is 473 g/mol. The van der Waals surface area contributed by atoms with Gasteiger partial charge >= 0.3 is 5.97 Å². The highest BCUT2D eigenvalue weighted by atomic mass is 32.2. The van der Waals surface area contributed by atoms with Gasteiger partial charge in [-0.25, -0.2) is 4.79 Å². The van der Waals surface area contributed by atoms with Crippen LogP contribution < -0.4 is 14.8 Å². The van der Waals surface area contributed by atoms with Crippen LogP contribution in [-0.2, 0) is 10.5 Å². The number of ether oxygens (including phenoxy) is 3. The standard InChI is InChI=1S/C22H23N3O5S2/c1-4-11-30-17-10-9-16(12-18(17)28-2)19(26)23-21-24-25-22(32-21)31-13-14-5-7-15(8-6-14)20(27)29-3/h5-10,12H,4,11,13H2,1-3H3,(H,23,24,26). The van der Waals surface area contributed by atoms with E-state index in [4.69, 9.17) is 14.2 Å². The van der Waals surface area contributed by atoms with Crippen LogP contribution in [0.25, 0.3) is 0 Å². The predicted octanol–water partition coefficient (Wildman–Crippen LogP) is 4.67. The van der Waals surface area contributed by atoms with Gasteiger partial charge in [0.05, 0.1) is 26.4 Å². The molecule has 3 rings (SSSR count). The van der Waals surface area contributed by atoms with Gasteiger partial charge in [0.2, 0.25) is 5.13 Å². The van der Waals surface area contributed by atoms with Crippen LogP contribution in [0.2, 0.25) is 0 Å². The van der Waals surface area contributed by atoms with Crippen LogP contribution in [0.1, 0.15) is 39.6 Å². The summed E-state index contributed by atoms with van der Waals surface area (Å²) >= 11 is 2.78. The molecule has 0 aliphatic heterocycles. The molecular weight excluding hydrogens is 450 g/mol. The molecular formula is C22H23N3O5S2. The summed E-state index contributed by atoms with van der Waals surface area (Å²) in [6.07, 6.45) is 0.877. The molecule has 0 spiro atoms. The SMILES string of the molecule is CCCOc1ccc(C(=O)Nc2nnc(SCc3ccc(C(=O)OC)cc3)s2)cc1OC. The van der Waals surface area contributed by atoms with Crippen molar-refractivity contribution in [2.24, 2.45) is 0 Å². The van der Waals surface area contributed by atoms with Crippen LogP contribution in [0.4, 0.5) is 5.13 Å². The third kappa shape index (κ3) is 6.21. The lowest BCUT2D eigenvalue weighted by molar-refractivity contribution is 0.0600. The van der Waals surface area contributed by atoms with Crippen LogP contribution in [0, 0.1) is 0 Å². The van der Waals surface area contributed by atoms with E-state index >= 15 is 0 Å². The average molecular weight is 474 g/mol. The molecule has 0 radical (unpaired) electrons. The molecule has 0 fully saturated rings. The minimum absolute atomic E-state index is 0.309. The summed E-state index contributed by atoms with van der Waals surface area (Å²) in [5, 5.41) is 11.3. The van der Waals surface area contributed by atoms with E-state index in [2.05, 4.69) is 15.5 Å². The van der Waals surface area contributed by atoms with E-state index in [0.29, 0.717) is 40.1 Å². The number of benzene rings is 2. The molecule has 0 saturated heterocycles. The van der Waals surface area contributed by atoms with Gasteiger partial charge in [0.15, 0.2) is 15.8 Å². The number of nitrogens with zero attached hydrogens (tertiary/aromatic N) is 2. The number of thioether (sulfide) groups is 1. The highest BCUT2D eigenvalue weighted by molar-refractivity contribution is 8.00. The van der Waals surface area contributed by atoms with E-state index in [1.807, 2.05) is 19.1 Å². The van der Waals surface area contributed by atoms with Gasteiger partial charge in [0.25, 0.3) is 5.91 Å². The highest BCUT2D eigenvalue weighted by Gasteiger charge is 2.14. The van der Waals surface area contributed by atoms with E-state index in [-0.39, 0.29) is 11.9 Å². The molecule has 0 aliphatic carbocycles. The molecule has 0 aliphatic rings. The molecule has 1 amide bonds. The maximum Gasteiger partial charge on any atom is 0.337 e. The van der Waals surface area contributed by atoms with Crippen molar-refractivity contribution in [1.82, 2.24) is 10.2 Å². The number of amides is 1. The third-order valence-corrected chi connectivity index (χ3v) is 6.29. The zero-order valence-electron chi connectivity index (χ0n) is 17.9. The van der Waals surface area contributed by atoms with Crippen LogP contribution in [0.15, 0.2) is 46.8 Å². The summed E-state index contributed by atoms with van der Waals surface area (Å²) in [5.41, 5.74) is 1.96. The molecule has 0 atom stereocenters. The number of hydrogen-bond acceptors (Lipinski definition) is 9. The van der Waals surface area contributed by atoms with Gasteiger partial charge in [-0.3, -0.25) is 10.1 Å². The lowest BCUT2D eigenvalue weighted by Gasteiger charge is -2.11. The van der Waals surface area contributed by atoms with Crippen LogP contribution in [0.5, 0.6) is 11.5 Å². The van der Waals surface area contributed by atoms with Crippen molar-refractivity contribution in [3.63, 3.8) is 0 Å². The van der Waals surface area contributed by atoms with Crippen molar-refractivity contribution < 1.29 is 23.8 Å². The van der Waals surface area contributed by atoms with Gasteiger partial charge in [0.1, 0.15) is 0 Å². The zero-order valence-corrected chi connectivity index (χ0v) is 19.5. The second kappa shape index (κ2) is 11.5. The van der Waals surface area contributed by atoms with Crippen molar-refractivity contribution >= 4 is 40.1 Å². The summed E-state index contributed by atoms with van der Waals surface area (Å²) < 4.78 is 16.4. The molecule has 0 bridgehead atoms. The lowest BCUT2D eigenvalue weighted by atomic mass is 10.1. The lowest BCUT2D eigenvalue weighted by Crippen LogP contribution is -2.12. The molecule has 1 N–H and O–H groups in total. The van der Waals surface area contributed by atoms with Gasteiger partial charge < -0.3 is 14.2 Å². The van der Waals surface area contributed by atoms with Gasteiger partial charge in [-0.1, -0.05) is 42.2 Å². The fourth-order valence-corrected chi connectivity index (χ4v) is 4.33. The number of anilines is 1. The molecule has 0 saturated carbocycles. The first kappa shape index (κ1) is 23.6. The van der Waals surface area contributed by atoms with E-state index in [1.165, 1.54) is 37.3 Å². The van der Waals surface area contributed by atoms with Crippen LogP contribution in [0.3, 0.4) is 0 Å². The second-order valence-electron chi connectivity index (χ2n) is 6.52. The Hall–Kier alpha value is -3.11. The van der Waals surface area contributed by atoms with Crippen molar-refractivity contribution in [1.29, 1.82) is 0 Å². The molecule has 3 aromatic rings. The number of esters is 1. The highest BCUT2D eigenvalue weighted by Crippen LogP contribution is 2.30. The Morgan fingerprint density at radius 2 is 1.78 bits per heavy atom. The maximum atomic E-state index is 12.6. The largest absolute Gasteiger partial charge is 0.493 e. The molecule has 168 valence electrons. The number of carbonyl (C=O) groups is 2. The third-order valence-electron chi connectivity index (χ3n) is 4.25. The van der Waals surface area contributed by atoms with Gasteiger partial charge in [-0.05, 0) is 42.3 Å². The molecule has 10 heteroatoms. The number of carbonyl (C=O) groups excluding carboxylic acids is 2. The quantitative estimate of drug-likeness (QED) is 0.258. The van der Waals surface area contributed by atoms with Gasteiger partial charge in [0, 0.05) is 11.3 Å². The first-order chi connectivity index (χ1) is 15.5. The Morgan fingerprint density at radius 3 is 2.47 bits per heavy atom. The van der Waals surface area contributed by atoms with E-state index in [1.54, 1.807) is 30.3 Å². The zero-order chi connectivity index (χ0) is 22.9. The van der Waals surface area contributed by atoms with Crippen molar-refractivity contribution in [3.8, 4) is 11.5 Å². The molecule has 2 aromatic carbocycles. The van der Waals surface area contributed by atoms with Crippen molar-refractivity contribution in [3.05, 3.63) is 59.2 Å². The topological polar surface area (TPSA) is 99.6 Å². The Kier molecular flexibility index (Phi) is 8.46. The summed E-state index contributed by atoms with van der Waals surface area (Å²) in [6, 6.07) is 12.2.